The van der Waals surface area contributed by atoms with Crippen molar-refractivity contribution in [2.45, 2.75) is 52.7 Å². The lowest BCUT2D eigenvalue weighted by atomic mass is 10.1. The molecule has 0 aromatic heterocycles. The third kappa shape index (κ3) is 6.96. The summed E-state index contributed by atoms with van der Waals surface area (Å²) in [5.74, 6) is 0.681. The van der Waals surface area contributed by atoms with Crippen LogP contribution < -0.4 is 5.32 Å². The van der Waals surface area contributed by atoms with Crippen LogP contribution in [0.3, 0.4) is 0 Å². The molecule has 2 atom stereocenters. The number of nitrogens with one attached hydrogen (secondary N) is 1. The summed E-state index contributed by atoms with van der Waals surface area (Å²) < 4.78 is 28.5. The Morgan fingerprint density at radius 3 is 2.59 bits per heavy atom. The number of hydrogen-bond donors (Lipinski definition) is 1. The molecule has 1 aliphatic rings. The number of hydrogen-bond acceptors (Lipinski definition) is 5. The maximum Gasteiger partial charge on any atom is 0.410 e. The normalized spacial score (nSPS) is 21.0. The monoisotopic (exact) mass is 334 g/mol. The van der Waals surface area contributed by atoms with E-state index in [9.17, 15) is 13.2 Å². The number of rotatable bonds is 6. The highest BCUT2D eigenvalue weighted by Gasteiger charge is 2.29. The molecule has 0 spiro atoms. The Balaban J connectivity index is 2.34. The van der Waals surface area contributed by atoms with Crippen molar-refractivity contribution in [3.05, 3.63) is 0 Å². The van der Waals surface area contributed by atoms with Crippen molar-refractivity contribution in [2.75, 3.05) is 31.1 Å². The summed E-state index contributed by atoms with van der Waals surface area (Å²) in [5, 5.41) is 3.26. The molecule has 2 unspecified atom stereocenters. The first-order valence-electron chi connectivity index (χ1n) is 7.94. The molecule has 0 aromatic rings. The first kappa shape index (κ1) is 19.2. The highest BCUT2D eigenvalue weighted by Crippen LogP contribution is 2.19. The average Bonchev–Trinajstić information content (AvgIpc) is 2.83. The Labute approximate surface area is 134 Å². The van der Waals surface area contributed by atoms with Gasteiger partial charge in [0.2, 0.25) is 0 Å². The molecule has 1 fully saturated rings. The minimum Gasteiger partial charge on any atom is -0.444 e. The zero-order valence-electron chi connectivity index (χ0n) is 14.4. The van der Waals surface area contributed by atoms with Crippen LogP contribution in [0.4, 0.5) is 4.79 Å². The predicted molar refractivity (Wildman–Crippen MR) is 87.7 cm³/mol. The van der Waals surface area contributed by atoms with Gasteiger partial charge in [-0.2, -0.15) is 0 Å². The van der Waals surface area contributed by atoms with E-state index in [-0.39, 0.29) is 23.6 Å². The van der Waals surface area contributed by atoms with Crippen LogP contribution in [0.1, 0.15) is 41.0 Å². The van der Waals surface area contributed by atoms with Crippen LogP contribution in [0.25, 0.3) is 0 Å². The summed E-state index contributed by atoms with van der Waals surface area (Å²) in [7, 11) is -2.96. The van der Waals surface area contributed by atoms with Crippen LogP contribution in [-0.4, -0.2) is 62.2 Å². The largest absolute Gasteiger partial charge is 0.444 e. The van der Waals surface area contributed by atoms with Crippen LogP contribution >= 0.6 is 0 Å². The Morgan fingerprint density at radius 1 is 1.41 bits per heavy atom. The number of amides is 1. The summed E-state index contributed by atoms with van der Waals surface area (Å²) >= 11 is 0. The van der Waals surface area contributed by atoms with E-state index in [1.807, 2.05) is 27.7 Å². The lowest BCUT2D eigenvalue weighted by Gasteiger charge is -2.24. The first-order valence-corrected chi connectivity index (χ1v) is 9.76. The molecule has 0 radical (unpaired) electrons. The standard InChI is InChI=1S/C15H30N2O4S/c1-6-22(19,20)11-12(2)16-9-13-7-8-17(10-13)14(18)21-15(3,4)5/h12-13,16H,6-11H2,1-5H3. The number of carbonyl (C=O) groups is 1. The van der Waals surface area contributed by atoms with Gasteiger partial charge in [0.05, 0.1) is 5.75 Å². The van der Waals surface area contributed by atoms with Crippen LogP contribution in [0.2, 0.25) is 0 Å². The molecule has 0 aliphatic carbocycles. The number of nitrogens with zero attached hydrogens (tertiary/aromatic N) is 1. The Bertz CT molecular complexity index is 470. The minimum atomic E-state index is -2.96. The zero-order valence-corrected chi connectivity index (χ0v) is 15.2. The Morgan fingerprint density at radius 2 is 2.05 bits per heavy atom. The van der Waals surface area contributed by atoms with Gasteiger partial charge in [0, 0.05) is 24.9 Å². The third-order valence-electron chi connectivity index (χ3n) is 3.64. The molecule has 0 saturated carbocycles. The van der Waals surface area contributed by atoms with Crippen molar-refractivity contribution < 1.29 is 17.9 Å². The highest BCUT2D eigenvalue weighted by atomic mass is 32.2. The molecule has 0 aromatic carbocycles. The van der Waals surface area contributed by atoms with E-state index < -0.39 is 15.4 Å². The van der Waals surface area contributed by atoms with E-state index in [0.29, 0.717) is 19.0 Å². The third-order valence-corrected chi connectivity index (χ3v) is 5.52. The number of sulfone groups is 1. The number of carbonyl (C=O) groups excluding carboxylic acids is 1. The van der Waals surface area contributed by atoms with Gasteiger partial charge in [0.25, 0.3) is 0 Å². The lowest BCUT2D eigenvalue weighted by molar-refractivity contribution is 0.0288. The van der Waals surface area contributed by atoms with Gasteiger partial charge in [-0.25, -0.2) is 13.2 Å². The fourth-order valence-electron chi connectivity index (χ4n) is 2.42. The summed E-state index contributed by atoms with van der Waals surface area (Å²) in [6.45, 7) is 11.2. The van der Waals surface area contributed by atoms with Gasteiger partial charge in [0.1, 0.15) is 5.60 Å². The van der Waals surface area contributed by atoms with E-state index in [1.54, 1.807) is 11.8 Å². The van der Waals surface area contributed by atoms with Crippen molar-refractivity contribution in [3.63, 3.8) is 0 Å². The van der Waals surface area contributed by atoms with Gasteiger partial charge in [-0.3, -0.25) is 0 Å². The topological polar surface area (TPSA) is 75.7 Å². The molecule has 1 rings (SSSR count). The highest BCUT2D eigenvalue weighted by molar-refractivity contribution is 7.91. The number of ether oxygens (including phenoxy) is 1. The van der Waals surface area contributed by atoms with Crippen molar-refractivity contribution in [1.29, 1.82) is 0 Å². The fourth-order valence-corrected chi connectivity index (χ4v) is 3.53. The molecule has 22 heavy (non-hydrogen) atoms. The predicted octanol–water partition coefficient (Wildman–Crippen LogP) is 1.66. The maximum absolute atomic E-state index is 12.0. The van der Waals surface area contributed by atoms with E-state index in [0.717, 1.165) is 13.0 Å². The van der Waals surface area contributed by atoms with Crippen molar-refractivity contribution in [1.82, 2.24) is 10.2 Å². The molecular weight excluding hydrogens is 304 g/mol. The average molecular weight is 334 g/mol. The van der Waals surface area contributed by atoms with E-state index in [1.165, 1.54) is 0 Å². The lowest BCUT2D eigenvalue weighted by Crippen LogP contribution is -2.38. The van der Waals surface area contributed by atoms with Gasteiger partial charge < -0.3 is 15.0 Å². The first-order chi connectivity index (χ1) is 10.0. The SMILES string of the molecule is CCS(=O)(=O)CC(C)NCC1CCN(C(=O)OC(C)(C)C)C1. The number of likely N-dealkylation sites (tertiary alicyclic amines) is 1. The van der Waals surface area contributed by atoms with Gasteiger partial charge >= 0.3 is 6.09 Å². The van der Waals surface area contributed by atoms with Gasteiger partial charge in [-0.1, -0.05) is 6.92 Å². The van der Waals surface area contributed by atoms with Gasteiger partial charge in [-0.15, -0.1) is 0 Å². The smallest absolute Gasteiger partial charge is 0.410 e. The van der Waals surface area contributed by atoms with Gasteiger partial charge in [0.15, 0.2) is 9.84 Å². The molecule has 1 amide bonds. The van der Waals surface area contributed by atoms with Crippen LogP contribution in [0.5, 0.6) is 0 Å². The summed E-state index contributed by atoms with van der Waals surface area (Å²) in [6, 6.07) is -0.0690. The van der Waals surface area contributed by atoms with Gasteiger partial charge in [-0.05, 0) is 46.6 Å². The van der Waals surface area contributed by atoms with E-state index >= 15 is 0 Å². The summed E-state index contributed by atoms with van der Waals surface area (Å²) in [4.78, 5) is 13.7. The second-order valence-electron chi connectivity index (χ2n) is 7.09. The molecule has 1 saturated heterocycles. The molecule has 6 nitrogen and oxygen atoms in total. The van der Waals surface area contributed by atoms with Crippen LogP contribution in [0.15, 0.2) is 0 Å². The second kappa shape index (κ2) is 7.64. The van der Waals surface area contributed by atoms with Crippen molar-refractivity contribution >= 4 is 15.9 Å². The fraction of sp³-hybridized carbons (Fsp3) is 0.933. The molecule has 0 bridgehead atoms. The molecule has 130 valence electrons. The maximum atomic E-state index is 12.0. The minimum absolute atomic E-state index is 0.0690. The quantitative estimate of drug-likeness (QED) is 0.799. The molecule has 7 heteroatoms. The molecular formula is C15H30N2O4S. The Hall–Kier alpha value is -0.820. The summed E-state index contributed by atoms with van der Waals surface area (Å²) in [6.07, 6.45) is 0.649. The van der Waals surface area contributed by atoms with Crippen molar-refractivity contribution in [3.8, 4) is 0 Å². The molecule has 1 aliphatic heterocycles. The Kier molecular flexibility index (Phi) is 6.67. The van der Waals surface area contributed by atoms with E-state index in [2.05, 4.69) is 5.32 Å². The van der Waals surface area contributed by atoms with Crippen molar-refractivity contribution in [2.24, 2.45) is 5.92 Å². The van der Waals surface area contributed by atoms with Crippen LogP contribution in [0, 0.1) is 5.92 Å². The molecule has 1 heterocycles. The van der Waals surface area contributed by atoms with E-state index in [4.69, 9.17) is 4.74 Å². The summed E-state index contributed by atoms with van der Waals surface area (Å²) in [5.41, 5.74) is -0.476. The van der Waals surface area contributed by atoms with Crippen LogP contribution in [-0.2, 0) is 14.6 Å². The second-order valence-corrected chi connectivity index (χ2v) is 9.49. The zero-order chi connectivity index (χ0) is 17.0. The molecule has 1 N–H and O–H groups in total.